The topological polar surface area (TPSA) is 257 Å². The molecule has 1 aromatic heterocycles. The van der Waals surface area contributed by atoms with Gasteiger partial charge in [-0.25, -0.2) is 18.3 Å². The van der Waals surface area contributed by atoms with E-state index in [1.807, 2.05) is 4.98 Å². The van der Waals surface area contributed by atoms with Crippen molar-refractivity contribution < 1.29 is 66.6 Å². The molecule has 2 aliphatic rings. The lowest BCUT2D eigenvalue weighted by atomic mass is 10.0. The van der Waals surface area contributed by atoms with Gasteiger partial charge >= 0.3 is 21.3 Å². The Bertz CT molecular complexity index is 1110. The molecular formula is C15H23FN2O15P2. The van der Waals surface area contributed by atoms with Gasteiger partial charge in [0, 0.05) is 12.3 Å². The number of hydrogen-bond acceptors (Lipinski definition) is 13. The van der Waals surface area contributed by atoms with Gasteiger partial charge in [0.05, 0.1) is 12.7 Å². The van der Waals surface area contributed by atoms with E-state index in [-0.39, 0.29) is 0 Å². The minimum Gasteiger partial charge on any atom is -0.388 e. The smallest absolute Gasteiger partial charge is 0.388 e. The van der Waals surface area contributed by atoms with Crippen LogP contribution in [0.3, 0.4) is 0 Å². The van der Waals surface area contributed by atoms with Crippen molar-refractivity contribution >= 4 is 15.6 Å². The van der Waals surface area contributed by atoms with Crippen LogP contribution < -0.4 is 11.2 Å². The Morgan fingerprint density at radius 1 is 1.06 bits per heavy atom. The van der Waals surface area contributed by atoms with Gasteiger partial charge in [0.25, 0.3) is 5.56 Å². The molecule has 0 bridgehead atoms. The van der Waals surface area contributed by atoms with Crippen molar-refractivity contribution in [2.75, 3.05) is 6.61 Å². The minimum atomic E-state index is -5.58. The van der Waals surface area contributed by atoms with E-state index in [0.717, 1.165) is 16.8 Å². The molecule has 2 fully saturated rings. The Hall–Kier alpha value is -1.37. The van der Waals surface area contributed by atoms with Gasteiger partial charge in [-0.15, -0.1) is 0 Å². The second-order valence-electron chi connectivity index (χ2n) is 7.62. The molecule has 2 saturated heterocycles. The van der Waals surface area contributed by atoms with Gasteiger partial charge in [-0.3, -0.25) is 23.4 Å². The average Bonchev–Trinajstić information content (AvgIpc) is 3.02. The summed E-state index contributed by atoms with van der Waals surface area (Å²) in [7, 11) is -11.0. The number of rotatable bonds is 8. The number of hydrogen-bond donors (Lipinski definition) is 7. The number of halogens is 1. The van der Waals surface area contributed by atoms with E-state index in [9.17, 15) is 53.3 Å². The molecule has 0 aromatic carbocycles. The van der Waals surface area contributed by atoms with Crippen LogP contribution in [-0.4, -0.2) is 95.5 Å². The number of aliphatic hydroxyl groups excluding tert-OH is 4. The van der Waals surface area contributed by atoms with Gasteiger partial charge in [-0.05, 0) is 6.92 Å². The molecule has 7 N–H and O–H groups in total. The van der Waals surface area contributed by atoms with Crippen LogP contribution in [0.5, 0.6) is 0 Å². The molecule has 0 aliphatic carbocycles. The summed E-state index contributed by atoms with van der Waals surface area (Å²) in [6.07, 6.45) is -15.4. The van der Waals surface area contributed by atoms with Crippen LogP contribution in [0.2, 0.25) is 0 Å². The Kier molecular flexibility index (Phi) is 8.50. The quantitative estimate of drug-likeness (QED) is 0.161. The van der Waals surface area contributed by atoms with Crippen molar-refractivity contribution in [1.82, 2.24) is 9.55 Å². The third kappa shape index (κ3) is 6.50. The van der Waals surface area contributed by atoms with E-state index >= 15 is 0 Å². The second kappa shape index (κ2) is 10.5. The molecule has 1 aromatic rings. The second-order valence-corrected chi connectivity index (χ2v) is 10.6. The summed E-state index contributed by atoms with van der Waals surface area (Å²) < 4.78 is 61.9. The van der Waals surface area contributed by atoms with Crippen molar-refractivity contribution in [3.63, 3.8) is 0 Å². The van der Waals surface area contributed by atoms with E-state index in [2.05, 4.69) is 13.4 Å². The molecule has 7 unspecified atom stereocenters. The third-order valence-corrected chi connectivity index (χ3v) is 7.67. The molecule has 3 heterocycles. The predicted octanol–water partition coefficient (Wildman–Crippen LogP) is -2.79. The Balaban J connectivity index is 1.61. The summed E-state index contributed by atoms with van der Waals surface area (Å²) in [6, 6.07) is 0.931. The summed E-state index contributed by atoms with van der Waals surface area (Å²) in [6.45, 7) is 0.170. The number of aromatic amines is 1. The van der Waals surface area contributed by atoms with Gasteiger partial charge in [0.15, 0.2) is 12.4 Å². The molecule has 0 spiro atoms. The molecule has 200 valence electrons. The molecule has 3 rings (SSSR count). The fraction of sp³-hybridized carbons (Fsp3) is 0.733. The van der Waals surface area contributed by atoms with Crippen LogP contribution in [-0.2, 0) is 32.0 Å². The highest BCUT2D eigenvalue weighted by Gasteiger charge is 2.49. The first-order valence-electron chi connectivity index (χ1n) is 9.80. The highest BCUT2D eigenvalue weighted by atomic mass is 31.3. The summed E-state index contributed by atoms with van der Waals surface area (Å²) >= 11 is 0. The first-order valence-corrected chi connectivity index (χ1v) is 12.8. The number of H-pyrrole nitrogens is 1. The largest absolute Gasteiger partial charge is 0.483 e. The first kappa shape index (κ1) is 28.2. The molecule has 0 radical (unpaired) electrons. The molecule has 2 aliphatic heterocycles. The maximum Gasteiger partial charge on any atom is 0.483 e. The number of phosphoric acid groups is 2. The lowest BCUT2D eigenvalue weighted by molar-refractivity contribution is -0.254. The number of ether oxygens (including phenoxy) is 2. The van der Waals surface area contributed by atoms with E-state index in [1.54, 1.807) is 0 Å². The molecular weight excluding hydrogens is 529 g/mol. The van der Waals surface area contributed by atoms with Crippen molar-refractivity contribution in [3.8, 4) is 0 Å². The number of phosphoric ester groups is 2. The van der Waals surface area contributed by atoms with E-state index in [4.69, 9.17) is 9.47 Å². The summed E-state index contributed by atoms with van der Waals surface area (Å²) in [5.74, 6) is 0. The number of nitrogens with zero attached hydrogens (tertiary/aromatic N) is 1. The van der Waals surface area contributed by atoms with Crippen LogP contribution in [0, 0.1) is 0 Å². The number of alkyl halides is 1. The van der Waals surface area contributed by atoms with Crippen LogP contribution in [0.1, 0.15) is 13.2 Å². The number of aliphatic hydroxyl groups is 4. The number of aromatic nitrogens is 2. The summed E-state index contributed by atoms with van der Waals surface area (Å²) in [5, 5.41) is 39.3. The maximum atomic E-state index is 14.1. The highest BCUT2D eigenvalue weighted by molar-refractivity contribution is 7.61. The van der Waals surface area contributed by atoms with E-state index in [0.29, 0.717) is 0 Å². The molecule has 0 saturated carbocycles. The summed E-state index contributed by atoms with van der Waals surface area (Å²) in [4.78, 5) is 44.4. The molecule has 0 amide bonds. The SMILES string of the molecule is CC1OC(OP(=O)(O)OP(=O)(O)OC[C@H]2O[C@@H](n3ccc(=O)[nH]c3=O)[C@H](O)[C@@H]2O)C(F)C(O)C1O. The molecule has 20 heteroatoms. The van der Waals surface area contributed by atoms with Crippen LogP contribution >= 0.6 is 15.6 Å². The fourth-order valence-corrected chi connectivity index (χ4v) is 5.42. The Morgan fingerprint density at radius 2 is 1.71 bits per heavy atom. The lowest BCUT2D eigenvalue weighted by Gasteiger charge is -2.37. The van der Waals surface area contributed by atoms with E-state index in [1.165, 1.54) is 6.92 Å². The fourth-order valence-electron chi connectivity index (χ4n) is 3.27. The zero-order valence-corrected chi connectivity index (χ0v) is 19.4. The van der Waals surface area contributed by atoms with Gasteiger partial charge in [-0.2, -0.15) is 4.31 Å². The van der Waals surface area contributed by atoms with Gasteiger partial charge in [-0.1, -0.05) is 0 Å². The molecule has 17 nitrogen and oxygen atoms in total. The zero-order chi connectivity index (χ0) is 26.3. The normalized spacial score (nSPS) is 39.1. The van der Waals surface area contributed by atoms with Gasteiger partial charge < -0.3 is 39.7 Å². The monoisotopic (exact) mass is 552 g/mol. The summed E-state index contributed by atoms with van der Waals surface area (Å²) in [5.41, 5.74) is -1.74. The van der Waals surface area contributed by atoms with Crippen molar-refractivity contribution in [2.45, 2.75) is 62.2 Å². The zero-order valence-electron chi connectivity index (χ0n) is 17.6. The van der Waals surface area contributed by atoms with Crippen molar-refractivity contribution in [2.24, 2.45) is 0 Å². The van der Waals surface area contributed by atoms with Crippen LogP contribution in [0.15, 0.2) is 21.9 Å². The van der Waals surface area contributed by atoms with Crippen LogP contribution in [0.4, 0.5) is 4.39 Å². The predicted molar refractivity (Wildman–Crippen MR) is 106 cm³/mol. The lowest BCUT2D eigenvalue weighted by Crippen LogP contribution is -2.55. The van der Waals surface area contributed by atoms with Crippen molar-refractivity contribution in [1.29, 1.82) is 0 Å². The highest BCUT2D eigenvalue weighted by Crippen LogP contribution is 2.61. The van der Waals surface area contributed by atoms with Gasteiger partial charge in [0.2, 0.25) is 6.29 Å². The standard InChI is InChI=1S/C15H23FN2O15P2/c1-5-9(20)11(22)8(16)14(30-5)32-35(27,28)33-34(25,26)29-4-6-10(21)12(23)13(31-6)18-3-2-7(19)17-15(18)24/h2-3,5-6,8-14,20-23H,4H2,1H3,(H,25,26)(H,27,28)(H,17,19,24)/t5?,6-,8?,9?,10-,11?,12-,13-,14?/m1/s1. The first-order chi connectivity index (χ1) is 16.1. The average molecular weight is 552 g/mol. The van der Waals surface area contributed by atoms with Crippen molar-refractivity contribution in [3.05, 3.63) is 33.1 Å². The molecule has 11 atom stereocenters. The molecule has 35 heavy (non-hydrogen) atoms. The third-order valence-electron chi connectivity index (χ3n) is 5.07. The maximum absolute atomic E-state index is 14.1. The van der Waals surface area contributed by atoms with Crippen LogP contribution in [0.25, 0.3) is 0 Å². The number of nitrogens with one attached hydrogen (secondary N) is 1. The van der Waals surface area contributed by atoms with Gasteiger partial charge in [0.1, 0.15) is 30.5 Å². The minimum absolute atomic E-state index is 0.726. The Morgan fingerprint density at radius 3 is 2.34 bits per heavy atom. The Labute approximate surface area is 194 Å². The van der Waals surface area contributed by atoms with E-state index < -0.39 is 88.8 Å².